The Labute approximate surface area is 90.9 Å². The fourth-order valence-corrected chi connectivity index (χ4v) is 1.69. The van der Waals surface area contributed by atoms with Crippen LogP contribution >= 0.6 is 15.9 Å². The van der Waals surface area contributed by atoms with Gasteiger partial charge in [-0.05, 0) is 15.9 Å². The predicted octanol–water partition coefficient (Wildman–Crippen LogP) is 2.10. The highest BCUT2D eigenvalue weighted by Gasteiger charge is 2.23. The number of carboxylic acids is 1. The minimum absolute atomic E-state index is 0.0226. The van der Waals surface area contributed by atoms with Crippen LogP contribution in [0.2, 0.25) is 0 Å². The third-order valence-electron chi connectivity index (χ3n) is 1.79. The highest BCUT2D eigenvalue weighted by atomic mass is 79.9. The second-order valence-corrected chi connectivity index (χ2v) is 4.93. The monoisotopic (exact) mass is 260 g/mol. The van der Waals surface area contributed by atoms with Crippen LogP contribution in [0.15, 0.2) is 4.73 Å². The van der Waals surface area contributed by atoms with Gasteiger partial charge in [0.05, 0.1) is 17.8 Å². The first-order valence-electron chi connectivity index (χ1n) is 4.27. The number of aromatic amines is 1. The molecule has 0 aliphatic heterocycles. The lowest BCUT2D eigenvalue weighted by Crippen LogP contribution is -2.16. The summed E-state index contributed by atoms with van der Waals surface area (Å²) >= 11 is 3.21. The lowest BCUT2D eigenvalue weighted by Gasteiger charge is -2.16. The number of rotatable bonds is 2. The fourth-order valence-electron chi connectivity index (χ4n) is 1.28. The van der Waals surface area contributed by atoms with Crippen molar-refractivity contribution < 1.29 is 9.90 Å². The highest BCUT2D eigenvalue weighted by Crippen LogP contribution is 2.25. The zero-order valence-corrected chi connectivity index (χ0v) is 9.97. The summed E-state index contributed by atoms with van der Waals surface area (Å²) in [5, 5.41) is 8.70. The van der Waals surface area contributed by atoms with E-state index in [1.807, 2.05) is 20.8 Å². The van der Waals surface area contributed by atoms with E-state index in [0.29, 0.717) is 10.4 Å². The van der Waals surface area contributed by atoms with Crippen molar-refractivity contribution in [3.63, 3.8) is 0 Å². The minimum Gasteiger partial charge on any atom is -0.481 e. The second kappa shape index (κ2) is 3.73. The molecule has 5 heteroatoms. The van der Waals surface area contributed by atoms with E-state index in [-0.39, 0.29) is 11.8 Å². The van der Waals surface area contributed by atoms with Crippen LogP contribution in [-0.2, 0) is 16.6 Å². The molecule has 0 spiro atoms. The van der Waals surface area contributed by atoms with E-state index in [1.165, 1.54) is 0 Å². The van der Waals surface area contributed by atoms with E-state index in [1.54, 1.807) is 0 Å². The molecule has 4 nitrogen and oxygen atoms in total. The van der Waals surface area contributed by atoms with Crippen molar-refractivity contribution in [2.24, 2.45) is 0 Å². The first-order valence-corrected chi connectivity index (χ1v) is 5.06. The highest BCUT2D eigenvalue weighted by molar-refractivity contribution is 9.10. The Hall–Kier alpha value is -0.840. The first-order chi connectivity index (χ1) is 6.30. The molecule has 0 amide bonds. The zero-order valence-electron chi connectivity index (χ0n) is 8.39. The molecule has 1 rings (SSSR count). The molecule has 0 saturated carbocycles. The number of nitrogens with zero attached hydrogens (tertiary/aromatic N) is 1. The Morgan fingerprint density at radius 3 is 2.57 bits per heavy atom. The molecule has 0 atom stereocenters. The van der Waals surface area contributed by atoms with E-state index < -0.39 is 5.97 Å². The number of nitrogens with one attached hydrogen (secondary N) is 1. The minimum atomic E-state index is -0.855. The normalized spacial score (nSPS) is 11.7. The van der Waals surface area contributed by atoms with Crippen LogP contribution in [0.3, 0.4) is 0 Å². The number of carboxylic acid groups (broad SMARTS) is 1. The molecule has 1 aromatic rings. The molecular weight excluding hydrogens is 248 g/mol. The van der Waals surface area contributed by atoms with Crippen molar-refractivity contribution in [3.05, 3.63) is 16.1 Å². The van der Waals surface area contributed by atoms with Crippen LogP contribution in [0, 0.1) is 0 Å². The van der Waals surface area contributed by atoms with Crippen molar-refractivity contribution >= 4 is 21.9 Å². The molecule has 0 saturated heterocycles. The second-order valence-electron chi connectivity index (χ2n) is 4.18. The molecule has 0 radical (unpaired) electrons. The molecule has 0 aliphatic rings. The summed E-state index contributed by atoms with van der Waals surface area (Å²) in [4.78, 5) is 17.7. The Balaban J connectivity index is 3.09. The molecular formula is C9H13BrN2O2. The number of hydrogen-bond acceptors (Lipinski definition) is 2. The number of H-pyrrole nitrogens is 1. The Bertz CT molecular complexity index is 352. The molecule has 1 heterocycles. The molecule has 0 unspecified atom stereocenters. The largest absolute Gasteiger partial charge is 0.481 e. The van der Waals surface area contributed by atoms with E-state index in [2.05, 4.69) is 25.9 Å². The van der Waals surface area contributed by atoms with Gasteiger partial charge in [0.15, 0.2) is 4.73 Å². The zero-order chi connectivity index (χ0) is 10.9. The topological polar surface area (TPSA) is 66.0 Å². The molecule has 0 aliphatic carbocycles. The molecule has 0 bridgehead atoms. The summed E-state index contributed by atoms with van der Waals surface area (Å²) < 4.78 is 0.582. The summed E-state index contributed by atoms with van der Waals surface area (Å²) in [6, 6.07) is 0. The number of imidazole rings is 1. The summed E-state index contributed by atoms with van der Waals surface area (Å²) in [6.07, 6.45) is -0.0226. The Morgan fingerprint density at radius 1 is 1.57 bits per heavy atom. The van der Waals surface area contributed by atoms with Gasteiger partial charge in [-0.15, -0.1) is 0 Å². The van der Waals surface area contributed by atoms with E-state index >= 15 is 0 Å². The van der Waals surface area contributed by atoms with Gasteiger partial charge in [0, 0.05) is 5.41 Å². The maximum absolute atomic E-state index is 10.6. The van der Waals surface area contributed by atoms with Gasteiger partial charge >= 0.3 is 5.97 Å². The maximum Gasteiger partial charge on any atom is 0.309 e. The average Bonchev–Trinajstić information content (AvgIpc) is 2.28. The summed E-state index contributed by atoms with van der Waals surface area (Å²) in [7, 11) is 0. The fraction of sp³-hybridized carbons (Fsp3) is 0.556. The number of hydrogen-bond donors (Lipinski definition) is 2. The van der Waals surface area contributed by atoms with Crippen LogP contribution in [-0.4, -0.2) is 21.0 Å². The van der Waals surface area contributed by atoms with Crippen LogP contribution < -0.4 is 0 Å². The first kappa shape index (κ1) is 11.2. The molecule has 0 aromatic carbocycles. The predicted molar refractivity (Wildman–Crippen MR) is 56.3 cm³/mol. The van der Waals surface area contributed by atoms with Gasteiger partial charge in [-0.2, -0.15) is 0 Å². The quantitative estimate of drug-likeness (QED) is 0.856. The maximum atomic E-state index is 10.6. The number of aromatic nitrogens is 2. The van der Waals surface area contributed by atoms with Crippen LogP contribution in [0.5, 0.6) is 0 Å². The van der Waals surface area contributed by atoms with Crippen molar-refractivity contribution in [1.29, 1.82) is 0 Å². The van der Waals surface area contributed by atoms with Crippen LogP contribution in [0.1, 0.15) is 32.2 Å². The average molecular weight is 261 g/mol. The van der Waals surface area contributed by atoms with Crippen LogP contribution in [0.4, 0.5) is 0 Å². The number of halogens is 1. The van der Waals surface area contributed by atoms with Gasteiger partial charge in [0.1, 0.15) is 0 Å². The molecule has 2 N–H and O–H groups in total. The van der Waals surface area contributed by atoms with Gasteiger partial charge in [-0.25, -0.2) is 4.98 Å². The lowest BCUT2D eigenvalue weighted by atomic mass is 9.90. The third kappa shape index (κ3) is 2.57. The number of carbonyl (C=O) groups is 1. The molecule has 78 valence electrons. The van der Waals surface area contributed by atoms with E-state index in [9.17, 15) is 4.79 Å². The van der Waals surface area contributed by atoms with Gasteiger partial charge in [-0.3, -0.25) is 4.79 Å². The van der Waals surface area contributed by atoms with Crippen LogP contribution in [0.25, 0.3) is 0 Å². The molecule has 14 heavy (non-hydrogen) atoms. The van der Waals surface area contributed by atoms with Crippen molar-refractivity contribution in [2.75, 3.05) is 0 Å². The van der Waals surface area contributed by atoms with Gasteiger partial charge in [-0.1, -0.05) is 20.8 Å². The third-order valence-corrected chi connectivity index (χ3v) is 2.16. The molecule has 0 fully saturated rings. The number of aliphatic carboxylic acids is 1. The van der Waals surface area contributed by atoms with E-state index in [4.69, 9.17) is 5.11 Å². The van der Waals surface area contributed by atoms with Crippen molar-refractivity contribution in [3.8, 4) is 0 Å². The van der Waals surface area contributed by atoms with Gasteiger partial charge < -0.3 is 10.1 Å². The lowest BCUT2D eigenvalue weighted by molar-refractivity contribution is -0.136. The SMILES string of the molecule is CC(C)(C)c1nc(Br)[nH]c1CC(=O)O. The smallest absolute Gasteiger partial charge is 0.309 e. The van der Waals surface area contributed by atoms with Gasteiger partial charge in [0.2, 0.25) is 0 Å². The Morgan fingerprint density at radius 2 is 2.14 bits per heavy atom. The van der Waals surface area contributed by atoms with Crippen molar-refractivity contribution in [2.45, 2.75) is 32.6 Å². The summed E-state index contributed by atoms with van der Waals surface area (Å²) in [5.74, 6) is -0.855. The molecule has 1 aromatic heterocycles. The summed E-state index contributed by atoms with van der Waals surface area (Å²) in [5.41, 5.74) is 1.32. The van der Waals surface area contributed by atoms with Crippen molar-refractivity contribution in [1.82, 2.24) is 9.97 Å². The van der Waals surface area contributed by atoms with E-state index in [0.717, 1.165) is 5.69 Å². The van der Waals surface area contributed by atoms with Gasteiger partial charge in [0.25, 0.3) is 0 Å². The Kier molecular flexibility index (Phi) is 2.99. The summed E-state index contributed by atoms with van der Waals surface area (Å²) in [6.45, 7) is 6.00. The standard InChI is InChI=1S/C9H13BrN2O2/c1-9(2,3)7-5(4-6(13)14)11-8(10)12-7/h4H2,1-3H3,(H,11,12)(H,13,14).